The summed E-state index contributed by atoms with van der Waals surface area (Å²) in [4.78, 5) is 17.2. The molecule has 206 valence electrons. The summed E-state index contributed by atoms with van der Waals surface area (Å²) in [6.07, 6.45) is -9.53. The van der Waals surface area contributed by atoms with Crippen LogP contribution in [0.1, 0.15) is 45.0 Å². The topological polar surface area (TPSA) is 35.6 Å². The minimum Gasteiger partial charge on any atom is -0.384 e. The summed E-state index contributed by atoms with van der Waals surface area (Å²) in [5.41, 5.74) is -0.434. The lowest BCUT2D eigenvalue weighted by atomic mass is 9.91. The Labute approximate surface area is 222 Å². The summed E-state index contributed by atoms with van der Waals surface area (Å²) in [7, 11) is 0. The fraction of sp³-hybridized carbons (Fsp3) is 0.345. The highest BCUT2D eigenvalue weighted by atomic mass is 19.4. The maximum atomic E-state index is 13.6. The second kappa shape index (κ2) is 10.6. The van der Waals surface area contributed by atoms with Crippen molar-refractivity contribution in [2.24, 2.45) is 0 Å². The predicted octanol–water partition coefficient (Wildman–Crippen LogP) is 6.65. The van der Waals surface area contributed by atoms with E-state index in [9.17, 15) is 31.1 Å². The summed E-state index contributed by atoms with van der Waals surface area (Å²) >= 11 is 0. The summed E-state index contributed by atoms with van der Waals surface area (Å²) in [6, 6.07) is 18.2. The number of rotatable bonds is 5. The van der Waals surface area contributed by atoms with Gasteiger partial charge in [0, 0.05) is 55.9 Å². The first-order valence-corrected chi connectivity index (χ1v) is 12.7. The Morgan fingerprint density at radius 3 is 2.15 bits per heavy atom. The largest absolute Gasteiger partial charge is 0.416 e. The minimum atomic E-state index is -5.02. The zero-order valence-corrected chi connectivity index (χ0v) is 20.9. The number of nitrogens with zero attached hydrogens (tertiary/aromatic N) is 2. The summed E-state index contributed by atoms with van der Waals surface area (Å²) < 4.78 is 80.9. The average molecular weight is 548 g/mol. The van der Waals surface area contributed by atoms with Gasteiger partial charge in [-0.05, 0) is 41.8 Å². The van der Waals surface area contributed by atoms with Gasteiger partial charge in [0.25, 0.3) is 5.91 Å². The van der Waals surface area contributed by atoms with E-state index in [2.05, 4.69) is 10.2 Å². The van der Waals surface area contributed by atoms with Crippen LogP contribution in [0.25, 0.3) is 0 Å². The van der Waals surface area contributed by atoms with Gasteiger partial charge >= 0.3 is 12.4 Å². The molecule has 2 aliphatic rings. The third-order valence-corrected chi connectivity index (χ3v) is 7.41. The first kappa shape index (κ1) is 27.1. The van der Waals surface area contributed by atoms with Crippen LogP contribution in [0.15, 0.2) is 72.8 Å². The van der Waals surface area contributed by atoms with Gasteiger partial charge in [-0.25, -0.2) is 0 Å². The van der Waals surface area contributed by atoms with E-state index in [1.165, 1.54) is 4.90 Å². The van der Waals surface area contributed by atoms with Gasteiger partial charge < -0.3 is 10.2 Å². The Morgan fingerprint density at radius 2 is 1.49 bits per heavy atom. The summed E-state index contributed by atoms with van der Waals surface area (Å²) in [5, 5.41) is 3.35. The van der Waals surface area contributed by atoms with Crippen LogP contribution in [0.2, 0.25) is 0 Å². The van der Waals surface area contributed by atoms with Crippen LogP contribution in [-0.2, 0) is 18.9 Å². The number of halogens is 6. The molecule has 0 spiro atoms. The van der Waals surface area contributed by atoms with Crippen molar-refractivity contribution < 1.29 is 31.1 Å². The van der Waals surface area contributed by atoms with Crippen LogP contribution in [0.3, 0.4) is 0 Å². The van der Waals surface area contributed by atoms with Crippen LogP contribution in [0.5, 0.6) is 0 Å². The van der Waals surface area contributed by atoms with Gasteiger partial charge in [0.15, 0.2) is 0 Å². The highest BCUT2D eigenvalue weighted by Gasteiger charge is 2.40. The molecule has 0 aliphatic carbocycles. The molecule has 0 radical (unpaired) electrons. The van der Waals surface area contributed by atoms with E-state index in [4.69, 9.17) is 0 Å². The molecule has 2 heterocycles. The van der Waals surface area contributed by atoms with Crippen molar-refractivity contribution in [3.05, 3.63) is 101 Å². The summed E-state index contributed by atoms with van der Waals surface area (Å²) in [6.45, 7) is 2.35. The van der Waals surface area contributed by atoms with Gasteiger partial charge in [-0.15, -0.1) is 0 Å². The Hall–Kier alpha value is -3.53. The third kappa shape index (κ3) is 6.06. The molecule has 1 saturated heterocycles. The molecule has 1 unspecified atom stereocenters. The molecule has 3 aromatic rings. The van der Waals surface area contributed by atoms with Crippen molar-refractivity contribution in [2.45, 2.75) is 37.3 Å². The van der Waals surface area contributed by atoms with Gasteiger partial charge in [-0.3, -0.25) is 9.69 Å². The number of nitrogens with one attached hydrogen (secondary N) is 1. The van der Waals surface area contributed by atoms with Crippen molar-refractivity contribution in [1.82, 2.24) is 9.80 Å². The lowest BCUT2D eigenvalue weighted by molar-refractivity contribution is -0.143. The van der Waals surface area contributed by atoms with Crippen molar-refractivity contribution in [3.8, 4) is 0 Å². The molecule has 39 heavy (non-hydrogen) atoms. The van der Waals surface area contributed by atoms with Crippen LogP contribution < -0.4 is 5.32 Å². The monoisotopic (exact) mass is 547 g/mol. The molecule has 0 saturated carbocycles. The molecule has 4 nitrogen and oxygen atoms in total. The van der Waals surface area contributed by atoms with Crippen molar-refractivity contribution in [2.75, 3.05) is 31.5 Å². The van der Waals surface area contributed by atoms with E-state index >= 15 is 0 Å². The number of benzene rings is 3. The average Bonchev–Trinajstić information content (AvgIpc) is 3.30. The number of fused-ring (bicyclic) bond motifs is 1. The van der Waals surface area contributed by atoms with E-state index < -0.39 is 41.0 Å². The maximum absolute atomic E-state index is 13.6. The highest BCUT2D eigenvalue weighted by molar-refractivity contribution is 5.95. The first-order chi connectivity index (χ1) is 18.5. The number of hydrogen-bond donors (Lipinski definition) is 1. The Kier molecular flexibility index (Phi) is 7.33. The molecule has 0 bridgehead atoms. The fourth-order valence-electron chi connectivity index (χ4n) is 5.51. The number of amides is 1. The maximum Gasteiger partial charge on any atom is 0.416 e. The van der Waals surface area contributed by atoms with Gasteiger partial charge in [-0.2, -0.15) is 26.3 Å². The molecule has 1 amide bonds. The highest BCUT2D eigenvalue weighted by Crippen LogP contribution is 2.38. The van der Waals surface area contributed by atoms with Gasteiger partial charge in [0.2, 0.25) is 0 Å². The number of carbonyl (C=O) groups is 1. The number of para-hydroxylation sites is 1. The van der Waals surface area contributed by atoms with E-state index in [0.717, 1.165) is 16.8 Å². The molecule has 2 atom stereocenters. The quantitative estimate of drug-likeness (QED) is 0.364. The molecular formula is C29H27F6N3O. The van der Waals surface area contributed by atoms with Crippen molar-refractivity contribution in [3.63, 3.8) is 0 Å². The Bertz CT molecular complexity index is 1290. The third-order valence-electron chi connectivity index (χ3n) is 7.41. The van der Waals surface area contributed by atoms with Gasteiger partial charge in [-0.1, -0.05) is 48.5 Å². The van der Waals surface area contributed by atoms with Gasteiger partial charge in [0.1, 0.15) is 0 Å². The first-order valence-electron chi connectivity index (χ1n) is 12.7. The SMILES string of the molecule is O=C(c1cc(C(F)(F)F)cc(C(F)(F)F)c1)N1CCN(Cc2ccccc2)C[C@H]1CC1CNc2ccccc21. The van der Waals surface area contributed by atoms with Crippen LogP contribution in [0.4, 0.5) is 32.0 Å². The molecule has 1 N–H and O–H groups in total. The number of carbonyl (C=O) groups excluding carboxylic acids is 1. The van der Waals surface area contributed by atoms with Crippen LogP contribution >= 0.6 is 0 Å². The zero-order chi connectivity index (χ0) is 27.8. The molecule has 2 aliphatic heterocycles. The summed E-state index contributed by atoms with van der Waals surface area (Å²) in [5.74, 6) is -0.777. The number of piperazine rings is 1. The predicted molar refractivity (Wildman–Crippen MR) is 135 cm³/mol. The number of alkyl halides is 6. The smallest absolute Gasteiger partial charge is 0.384 e. The van der Waals surface area contributed by atoms with Crippen molar-refractivity contribution in [1.29, 1.82) is 0 Å². The second-order valence-corrected chi connectivity index (χ2v) is 10.1. The van der Waals surface area contributed by atoms with E-state index in [-0.39, 0.29) is 18.5 Å². The number of hydrogen-bond acceptors (Lipinski definition) is 3. The zero-order valence-electron chi connectivity index (χ0n) is 20.9. The van der Waals surface area contributed by atoms with E-state index in [1.54, 1.807) is 0 Å². The number of anilines is 1. The molecule has 10 heteroatoms. The van der Waals surface area contributed by atoms with Crippen LogP contribution in [-0.4, -0.2) is 47.9 Å². The van der Waals surface area contributed by atoms with E-state index in [1.807, 2.05) is 54.6 Å². The normalized spacial score (nSPS) is 20.0. The van der Waals surface area contributed by atoms with Crippen LogP contribution in [0, 0.1) is 0 Å². The van der Waals surface area contributed by atoms with E-state index in [0.29, 0.717) is 44.7 Å². The lowest BCUT2D eigenvalue weighted by Gasteiger charge is -2.42. The van der Waals surface area contributed by atoms with Gasteiger partial charge in [0.05, 0.1) is 11.1 Å². The fourth-order valence-corrected chi connectivity index (χ4v) is 5.51. The second-order valence-electron chi connectivity index (χ2n) is 10.1. The standard InChI is InChI=1S/C29H27F6N3O/c30-28(31,32)22-12-20(13-23(15-22)29(33,34)35)27(39)38-11-10-37(17-19-6-2-1-3-7-19)18-24(38)14-21-16-36-26-9-5-4-8-25(21)26/h1-9,12-13,15,21,24,36H,10-11,14,16-18H2/t21?,24-/m1/s1. The Balaban J connectivity index is 1.45. The molecule has 3 aromatic carbocycles. The molecule has 5 rings (SSSR count). The molecular weight excluding hydrogens is 520 g/mol. The molecule has 0 aromatic heterocycles. The minimum absolute atomic E-state index is 0.0467. The molecule has 1 fully saturated rings. The lowest BCUT2D eigenvalue weighted by Crippen LogP contribution is -2.55. The Morgan fingerprint density at radius 1 is 0.846 bits per heavy atom. The van der Waals surface area contributed by atoms with Crippen molar-refractivity contribution >= 4 is 11.6 Å².